The molecule has 1 N–H and O–H groups in total. The van der Waals surface area contributed by atoms with Gasteiger partial charge in [-0.1, -0.05) is 12.1 Å². The second kappa shape index (κ2) is 6.08. The highest BCUT2D eigenvalue weighted by Gasteiger charge is 2.21. The summed E-state index contributed by atoms with van der Waals surface area (Å²) in [5.41, 5.74) is 0.785. The Balaban J connectivity index is 1.79. The van der Waals surface area contributed by atoms with Crippen LogP contribution in [0.15, 0.2) is 10.6 Å². The molecule has 0 radical (unpaired) electrons. The van der Waals surface area contributed by atoms with Crippen molar-refractivity contribution >= 4 is 6.03 Å². The summed E-state index contributed by atoms with van der Waals surface area (Å²) >= 11 is 0. The summed E-state index contributed by atoms with van der Waals surface area (Å²) in [6.45, 7) is 4.60. The highest BCUT2D eigenvalue weighted by molar-refractivity contribution is 5.74. The summed E-state index contributed by atoms with van der Waals surface area (Å²) in [5.74, 6) is 1.56. The summed E-state index contributed by atoms with van der Waals surface area (Å²) in [6, 6.07) is 2.15. The van der Waals surface area contributed by atoms with Crippen molar-refractivity contribution in [2.24, 2.45) is 5.92 Å². The molecule has 1 aliphatic rings. The number of carbonyl (C=O) groups is 1. The second-order valence-corrected chi connectivity index (χ2v) is 5.69. The Morgan fingerprint density at radius 2 is 2.16 bits per heavy atom. The summed E-state index contributed by atoms with van der Waals surface area (Å²) < 4.78 is 5.00. The van der Waals surface area contributed by atoms with Crippen LogP contribution in [0.2, 0.25) is 0 Å². The van der Waals surface area contributed by atoms with Crippen LogP contribution in [0.5, 0.6) is 0 Å². The average Bonchev–Trinajstić information content (AvgIpc) is 2.77. The van der Waals surface area contributed by atoms with Gasteiger partial charge in [-0.05, 0) is 38.5 Å². The third-order valence-corrected chi connectivity index (χ3v) is 3.77. The largest absolute Gasteiger partial charge is 0.361 e. The molecule has 0 aliphatic heterocycles. The van der Waals surface area contributed by atoms with E-state index in [4.69, 9.17) is 4.52 Å². The third-order valence-electron chi connectivity index (χ3n) is 3.77. The minimum atomic E-state index is -0.0276. The molecule has 1 heterocycles. The zero-order valence-corrected chi connectivity index (χ0v) is 12.0. The van der Waals surface area contributed by atoms with Crippen LogP contribution in [0.25, 0.3) is 0 Å². The first-order valence-electron chi connectivity index (χ1n) is 6.98. The molecule has 0 atom stereocenters. The van der Waals surface area contributed by atoms with Crippen LogP contribution in [-0.2, 0) is 6.54 Å². The lowest BCUT2D eigenvalue weighted by Crippen LogP contribution is -2.44. The molecule has 0 aromatic carbocycles. The van der Waals surface area contributed by atoms with Crippen molar-refractivity contribution in [3.8, 4) is 0 Å². The van der Waals surface area contributed by atoms with Crippen molar-refractivity contribution in [2.75, 3.05) is 7.05 Å². The first-order valence-corrected chi connectivity index (χ1v) is 6.98. The van der Waals surface area contributed by atoms with Gasteiger partial charge in [0.15, 0.2) is 0 Å². The van der Waals surface area contributed by atoms with Crippen LogP contribution in [0.4, 0.5) is 4.79 Å². The molecule has 5 heteroatoms. The Morgan fingerprint density at radius 3 is 2.74 bits per heavy atom. The predicted octanol–water partition coefficient (Wildman–Crippen LogP) is 2.70. The van der Waals surface area contributed by atoms with E-state index in [-0.39, 0.29) is 6.03 Å². The minimum absolute atomic E-state index is 0.0276. The number of carbonyl (C=O) groups excluding carboxylic acids is 1. The third kappa shape index (κ3) is 3.98. The fourth-order valence-corrected chi connectivity index (χ4v) is 2.50. The fraction of sp³-hybridized carbons (Fsp3) is 0.714. The smallest absolute Gasteiger partial charge is 0.317 e. The van der Waals surface area contributed by atoms with Gasteiger partial charge in [0.1, 0.15) is 11.5 Å². The van der Waals surface area contributed by atoms with E-state index in [1.54, 1.807) is 11.9 Å². The van der Waals surface area contributed by atoms with E-state index in [1.807, 2.05) is 13.0 Å². The van der Waals surface area contributed by atoms with Crippen LogP contribution < -0.4 is 5.32 Å². The highest BCUT2D eigenvalue weighted by Crippen LogP contribution is 2.23. The molecule has 0 bridgehead atoms. The standard InChI is InChI=1S/C14H23N3O2/c1-10-4-6-12(7-5-10)15-14(18)17(3)9-13-8-11(2)19-16-13/h8,10,12H,4-7,9H2,1-3H3,(H,15,18). The fourth-order valence-electron chi connectivity index (χ4n) is 2.50. The van der Waals surface area contributed by atoms with Crippen molar-refractivity contribution < 1.29 is 9.32 Å². The van der Waals surface area contributed by atoms with Gasteiger partial charge in [0.25, 0.3) is 0 Å². The first-order chi connectivity index (χ1) is 9.04. The summed E-state index contributed by atoms with van der Waals surface area (Å²) in [7, 11) is 1.78. The zero-order valence-electron chi connectivity index (χ0n) is 12.0. The predicted molar refractivity (Wildman–Crippen MR) is 72.7 cm³/mol. The minimum Gasteiger partial charge on any atom is -0.361 e. The molecule has 2 amide bonds. The number of aromatic nitrogens is 1. The Kier molecular flexibility index (Phi) is 4.45. The molecule has 1 aliphatic carbocycles. The first kappa shape index (κ1) is 13.9. The topological polar surface area (TPSA) is 58.4 Å². The Labute approximate surface area is 114 Å². The van der Waals surface area contributed by atoms with E-state index >= 15 is 0 Å². The molecule has 1 aromatic heterocycles. The molecule has 1 fully saturated rings. The lowest BCUT2D eigenvalue weighted by atomic mass is 9.87. The maximum atomic E-state index is 12.1. The summed E-state index contributed by atoms with van der Waals surface area (Å²) in [6.07, 6.45) is 4.59. The lowest BCUT2D eigenvalue weighted by Gasteiger charge is -2.28. The van der Waals surface area contributed by atoms with Gasteiger partial charge in [0, 0.05) is 19.2 Å². The molecular weight excluding hydrogens is 242 g/mol. The van der Waals surface area contributed by atoms with Crippen LogP contribution in [0.3, 0.4) is 0 Å². The van der Waals surface area contributed by atoms with Crippen molar-refractivity contribution in [3.63, 3.8) is 0 Å². The molecule has 1 saturated carbocycles. The number of hydrogen-bond donors (Lipinski definition) is 1. The SMILES string of the molecule is Cc1cc(CN(C)C(=O)NC2CCC(C)CC2)no1. The zero-order chi connectivity index (χ0) is 13.8. The Morgan fingerprint density at radius 1 is 1.47 bits per heavy atom. The van der Waals surface area contributed by atoms with Crippen molar-refractivity contribution in [2.45, 2.75) is 52.1 Å². The highest BCUT2D eigenvalue weighted by atomic mass is 16.5. The molecule has 106 valence electrons. The van der Waals surface area contributed by atoms with Gasteiger partial charge in [-0.15, -0.1) is 0 Å². The van der Waals surface area contributed by atoms with Gasteiger partial charge < -0.3 is 14.7 Å². The van der Waals surface area contributed by atoms with Crippen LogP contribution in [0, 0.1) is 12.8 Å². The molecule has 0 saturated heterocycles. The molecule has 0 spiro atoms. The van der Waals surface area contributed by atoms with E-state index < -0.39 is 0 Å². The van der Waals surface area contributed by atoms with Gasteiger partial charge >= 0.3 is 6.03 Å². The van der Waals surface area contributed by atoms with E-state index in [1.165, 1.54) is 12.8 Å². The van der Waals surface area contributed by atoms with Gasteiger partial charge in [-0.2, -0.15) is 0 Å². The number of nitrogens with zero attached hydrogens (tertiary/aromatic N) is 2. The quantitative estimate of drug-likeness (QED) is 0.914. The van der Waals surface area contributed by atoms with Crippen LogP contribution >= 0.6 is 0 Å². The molecule has 1 aromatic rings. The summed E-state index contributed by atoms with van der Waals surface area (Å²) in [4.78, 5) is 13.7. The van der Waals surface area contributed by atoms with E-state index in [0.717, 1.165) is 30.2 Å². The Bertz CT molecular complexity index is 422. The molecular formula is C14H23N3O2. The second-order valence-electron chi connectivity index (χ2n) is 5.69. The maximum Gasteiger partial charge on any atom is 0.317 e. The summed E-state index contributed by atoms with van der Waals surface area (Å²) in [5, 5.41) is 6.99. The van der Waals surface area contributed by atoms with Gasteiger partial charge in [-0.25, -0.2) is 4.79 Å². The normalized spacial score (nSPS) is 23.1. The van der Waals surface area contributed by atoms with Crippen molar-refractivity contribution in [1.82, 2.24) is 15.4 Å². The number of hydrogen-bond acceptors (Lipinski definition) is 3. The number of amides is 2. The number of nitrogens with one attached hydrogen (secondary N) is 1. The monoisotopic (exact) mass is 265 g/mol. The van der Waals surface area contributed by atoms with E-state index in [9.17, 15) is 4.79 Å². The maximum absolute atomic E-state index is 12.1. The van der Waals surface area contributed by atoms with Gasteiger partial charge in [0.2, 0.25) is 0 Å². The number of urea groups is 1. The van der Waals surface area contributed by atoms with Crippen LogP contribution in [-0.4, -0.2) is 29.2 Å². The average molecular weight is 265 g/mol. The van der Waals surface area contributed by atoms with Crippen molar-refractivity contribution in [3.05, 3.63) is 17.5 Å². The molecule has 5 nitrogen and oxygen atoms in total. The molecule has 19 heavy (non-hydrogen) atoms. The number of rotatable bonds is 3. The number of aryl methyl sites for hydroxylation is 1. The molecule has 2 rings (SSSR count). The molecule has 0 unspecified atom stereocenters. The van der Waals surface area contributed by atoms with E-state index in [2.05, 4.69) is 17.4 Å². The van der Waals surface area contributed by atoms with Crippen molar-refractivity contribution in [1.29, 1.82) is 0 Å². The van der Waals surface area contributed by atoms with E-state index in [0.29, 0.717) is 12.6 Å². The Hall–Kier alpha value is -1.52. The van der Waals surface area contributed by atoms with Gasteiger partial charge in [-0.3, -0.25) is 0 Å². The lowest BCUT2D eigenvalue weighted by molar-refractivity contribution is 0.194. The van der Waals surface area contributed by atoms with Crippen LogP contribution in [0.1, 0.15) is 44.1 Å². The van der Waals surface area contributed by atoms with Gasteiger partial charge in [0.05, 0.1) is 6.54 Å².